The van der Waals surface area contributed by atoms with Crippen molar-refractivity contribution in [3.8, 4) is 22.7 Å². The Hall–Kier alpha value is -3.00. The summed E-state index contributed by atoms with van der Waals surface area (Å²) in [5.74, 6) is 8.18. The van der Waals surface area contributed by atoms with Crippen LogP contribution in [0.3, 0.4) is 0 Å². The molecule has 2 aromatic heterocycles. The second-order valence-electron chi connectivity index (χ2n) is 18.7. The van der Waals surface area contributed by atoms with Gasteiger partial charge in [-0.3, -0.25) is 0 Å². The summed E-state index contributed by atoms with van der Waals surface area (Å²) in [7, 11) is 0. The molecule has 2 atom stereocenters. The minimum Gasteiger partial charge on any atom is -0.356 e. The summed E-state index contributed by atoms with van der Waals surface area (Å²) in [5.41, 5.74) is 5.05. The van der Waals surface area contributed by atoms with Gasteiger partial charge in [-0.05, 0) is 154 Å². The minimum absolute atomic E-state index is 0.0993. The summed E-state index contributed by atoms with van der Waals surface area (Å²) in [5, 5.41) is 17.5. The predicted molar refractivity (Wildman–Crippen MR) is 199 cm³/mol. The van der Waals surface area contributed by atoms with Crippen molar-refractivity contribution in [2.75, 3.05) is 0 Å². The average molecular weight is 706 g/mol. The Morgan fingerprint density at radius 3 is 1.96 bits per heavy atom. The van der Waals surface area contributed by atoms with Gasteiger partial charge in [-0.2, -0.15) is 4.98 Å². The SMILES string of the molecule is CC(C)(CC1C2CC3CC1CC(NCc1cc(-c4ccc(Cl)cc4)on1)(C3)C2)c1ccc(-c2noc(CNC34CC5CC(CC(C5)C3)C4)n2)cc1. The normalized spacial score (nSPS) is 34.8. The van der Waals surface area contributed by atoms with Crippen LogP contribution in [0.1, 0.15) is 108 Å². The highest BCUT2D eigenvalue weighted by Crippen LogP contribution is 2.60. The first-order valence-corrected chi connectivity index (χ1v) is 20.2. The maximum Gasteiger partial charge on any atom is 0.240 e. The topological polar surface area (TPSA) is 89.0 Å². The van der Waals surface area contributed by atoms with Gasteiger partial charge in [0.15, 0.2) is 5.76 Å². The van der Waals surface area contributed by atoms with Crippen LogP contribution in [-0.2, 0) is 18.5 Å². The Kier molecular flexibility index (Phi) is 7.86. The third kappa shape index (κ3) is 6.19. The quantitative estimate of drug-likeness (QED) is 0.161. The maximum atomic E-state index is 6.08. The van der Waals surface area contributed by atoms with Gasteiger partial charge in [-0.1, -0.05) is 60.0 Å². The zero-order chi connectivity index (χ0) is 34.4. The number of hydrogen-bond donors (Lipinski definition) is 2. The van der Waals surface area contributed by atoms with E-state index in [0.29, 0.717) is 23.8 Å². The molecular weight excluding hydrogens is 654 g/mol. The molecule has 51 heavy (non-hydrogen) atoms. The number of nitrogens with one attached hydrogen (secondary N) is 2. The van der Waals surface area contributed by atoms with Crippen molar-refractivity contribution in [1.29, 1.82) is 0 Å². The number of aromatic nitrogens is 3. The molecule has 2 aromatic carbocycles. The van der Waals surface area contributed by atoms with Crippen molar-refractivity contribution < 1.29 is 9.05 Å². The Bertz CT molecular complexity index is 1830. The third-order valence-corrected chi connectivity index (χ3v) is 14.8. The van der Waals surface area contributed by atoms with E-state index in [1.165, 1.54) is 82.6 Å². The minimum atomic E-state index is 0.0993. The molecule has 8 bridgehead atoms. The van der Waals surface area contributed by atoms with Gasteiger partial charge in [0.1, 0.15) is 0 Å². The van der Waals surface area contributed by atoms with Crippen LogP contribution in [0, 0.1) is 41.4 Å². The van der Waals surface area contributed by atoms with E-state index in [2.05, 4.69) is 65.1 Å². The number of rotatable bonds is 11. The van der Waals surface area contributed by atoms with Gasteiger partial charge in [-0.15, -0.1) is 0 Å². The Morgan fingerprint density at radius 2 is 1.29 bits per heavy atom. The van der Waals surface area contributed by atoms with E-state index >= 15 is 0 Å². The first kappa shape index (κ1) is 32.6. The molecule has 0 spiro atoms. The van der Waals surface area contributed by atoms with E-state index in [4.69, 9.17) is 25.6 Å². The molecule has 0 saturated heterocycles. The summed E-state index contributed by atoms with van der Waals surface area (Å²) >= 11 is 6.08. The summed E-state index contributed by atoms with van der Waals surface area (Å²) in [4.78, 5) is 4.83. The molecule has 8 heteroatoms. The Labute approximate surface area is 307 Å². The Morgan fingerprint density at radius 1 is 0.706 bits per heavy atom. The summed E-state index contributed by atoms with van der Waals surface area (Å²) in [6, 6.07) is 18.9. The zero-order valence-corrected chi connectivity index (χ0v) is 30.9. The summed E-state index contributed by atoms with van der Waals surface area (Å²) < 4.78 is 11.5. The van der Waals surface area contributed by atoms with Crippen LogP contribution in [-0.4, -0.2) is 26.4 Å². The van der Waals surface area contributed by atoms with Crippen molar-refractivity contribution in [3.63, 3.8) is 0 Å². The zero-order valence-electron chi connectivity index (χ0n) is 30.2. The second kappa shape index (κ2) is 12.3. The lowest BCUT2D eigenvalue weighted by Gasteiger charge is -2.61. The van der Waals surface area contributed by atoms with Gasteiger partial charge in [-0.25, -0.2) is 0 Å². The van der Waals surface area contributed by atoms with Crippen molar-refractivity contribution in [2.45, 2.75) is 120 Å². The molecule has 12 rings (SSSR count). The molecule has 0 amide bonds. The Balaban J connectivity index is 0.761. The van der Waals surface area contributed by atoms with Gasteiger partial charge < -0.3 is 19.7 Å². The fourth-order valence-electron chi connectivity index (χ4n) is 12.9. The highest BCUT2D eigenvalue weighted by atomic mass is 35.5. The predicted octanol–water partition coefficient (Wildman–Crippen LogP) is 9.76. The highest BCUT2D eigenvalue weighted by Gasteiger charge is 2.56. The molecule has 268 valence electrons. The summed E-state index contributed by atoms with van der Waals surface area (Å²) in [6.45, 7) is 6.34. The van der Waals surface area contributed by atoms with Gasteiger partial charge in [0, 0.05) is 39.8 Å². The van der Waals surface area contributed by atoms with Gasteiger partial charge in [0.2, 0.25) is 11.7 Å². The van der Waals surface area contributed by atoms with Crippen LogP contribution < -0.4 is 10.6 Å². The molecule has 0 aliphatic heterocycles. The third-order valence-electron chi connectivity index (χ3n) is 14.6. The van der Waals surface area contributed by atoms with Crippen molar-refractivity contribution in [2.24, 2.45) is 41.4 Å². The molecule has 2 heterocycles. The van der Waals surface area contributed by atoms with E-state index in [1.54, 1.807) is 0 Å². The smallest absolute Gasteiger partial charge is 0.240 e. The standard InChI is InChI=1S/C43H52ClN5O2/c1-41(2,34-7-3-31(4-8-34)40-47-39(51-49-40)25-46-42-17-26-11-27(18-42)13-28(12-26)19-42)23-37-32-14-29-15-33(37)22-43(20-29,21-32)45-24-36-16-38(50-48-36)30-5-9-35(44)10-6-30/h3-10,16,26-29,32-33,37,45-46H,11-15,17-25H2,1-2H3. The summed E-state index contributed by atoms with van der Waals surface area (Å²) in [6.07, 6.45) is 16.2. The van der Waals surface area contributed by atoms with Gasteiger partial charge in [0.25, 0.3) is 0 Å². The van der Waals surface area contributed by atoms with E-state index in [9.17, 15) is 0 Å². The van der Waals surface area contributed by atoms with Crippen LogP contribution in [0.25, 0.3) is 22.7 Å². The second-order valence-corrected chi connectivity index (χ2v) is 19.1. The fourth-order valence-corrected chi connectivity index (χ4v) is 13.0. The number of benzene rings is 2. The van der Waals surface area contributed by atoms with Crippen molar-refractivity contribution in [3.05, 3.63) is 76.8 Å². The molecule has 8 aliphatic rings. The highest BCUT2D eigenvalue weighted by molar-refractivity contribution is 6.30. The molecule has 2 unspecified atom stereocenters. The van der Waals surface area contributed by atoms with E-state index in [1.807, 2.05) is 24.3 Å². The van der Waals surface area contributed by atoms with E-state index < -0.39 is 0 Å². The first-order valence-electron chi connectivity index (χ1n) is 19.8. The van der Waals surface area contributed by atoms with Crippen LogP contribution in [0.4, 0.5) is 0 Å². The largest absolute Gasteiger partial charge is 0.356 e. The molecule has 8 fully saturated rings. The van der Waals surface area contributed by atoms with E-state index in [0.717, 1.165) is 75.6 Å². The van der Waals surface area contributed by atoms with Crippen LogP contribution in [0.2, 0.25) is 5.02 Å². The molecule has 0 radical (unpaired) electrons. The average Bonchev–Trinajstić information content (AvgIpc) is 3.78. The van der Waals surface area contributed by atoms with Gasteiger partial charge >= 0.3 is 0 Å². The lowest BCUT2D eigenvalue weighted by Crippen LogP contribution is -2.61. The van der Waals surface area contributed by atoms with Crippen molar-refractivity contribution >= 4 is 11.6 Å². The number of hydrogen-bond acceptors (Lipinski definition) is 7. The van der Waals surface area contributed by atoms with E-state index in [-0.39, 0.29) is 11.0 Å². The van der Waals surface area contributed by atoms with Crippen LogP contribution >= 0.6 is 11.6 Å². The molecule has 8 aliphatic carbocycles. The van der Waals surface area contributed by atoms with Crippen molar-refractivity contribution in [1.82, 2.24) is 25.9 Å². The number of nitrogens with zero attached hydrogens (tertiary/aromatic N) is 3. The fraction of sp³-hybridized carbons (Fsp3) is 0.605. The molecular formula is C43H52ClN5O2. The molecule has 8 saturated carbocycles. The number of halogens is 1. The lowest BCUT2D eigenvalue weighted by atomic mass is 9.47. The van der Waals surface area contributed by atoms with Crippen LogP contribution in [0.15, 0.2) is 63.6 Å². The molecule has 2 N–H and O–H groups in total. The maximum absolute atomic E-state index is 6.08. The monoisotopic (exact) mass is 705 g/mol. The van der Waals surface area contributed by atoms with Gasteiger partial charge in [0.05, 0.1) is 12.2 Å². The molecule has 7 nitrogen and oxygen atoms in total. The lowest BCUT2D eigenvalue weighted by molar-refractivity contribution is -0.0754. The first-order chi connectivity index (χ1) is 24.7. The van der Waals surface area contributed by atoms with Crippen LogP contribution in [0.5, 0.6) is 0 Å². The molecule has 4 aromatic rings.